The second kappa shape index (κ2) is 5.76. The van der Waals surface area contributed by atoms with Crippen molar-refractivity contribution in [3.05, 3.63) is 35.4 Å². The van der Waals surface area contributed by atoms with Crippen LogP contribution in [0.15, 0.2) is 34.2 Å². The molecule has 0 saturated carbocycles. The molecule has 6 heteroatoms. The molecule has 2 heterocycles. The van der Waals surface area contributed by atoms with Crippen LogP contribution < -0.4 is 4.74 Å². The van der Waals surface area contributed by atoms with Crippen molar-refractivity contribution in [3.8, 4) is 5.75 Å². The summed E-state index contributed by atoms with van der Waals surface area (Å²) in [6, 6.07) is 7.07. The minimum absolute atomic E-state index is 0.315. The van der Waals surface area contributed by atoms with Crippen molar-refractivity contribution < 1.29 is 13.2 Å². The molecule has 0 spiro atoms. The SMILES string of the molecule is COc1ccc(C2=C(C)C(N3CCCCC3)=NS2(=O)=O)cc1. The third kappa shape index (κ3) is 2.63. The van der Waals surface area contributed by atoms with E-state index in [-0.39, 0.29) is 0 Å². The first-order chi connectivity index (χ1) is 10.5. The van der Waals surface area contributed by atoms with Crippen LogP contribution in [0.25, 0.3) is 4.91 Å². The average molecular weight is 320 g/mol. The molecule has 0 radical (unpaired) electrons. The van der Waals surface area contributed by atoms with Crippen LogP contribution >= 0.6 is 0 Å². The van der Waals surface area contributed by atoms with Gasteiger partial charge >= 0.3 is 0 Å². The molecule has 0 aliphatic carbocycles. The fraction of sp³-hybridized carbons (Fsp3) is 0.438. The predicted molar refractivity (Wildman–Crippen MR) is 87.4 cm³/mol. The number of hydrogen-bond donors (Lipinski definition) is 0. The fourth-order valence-corrected chi connectivity index (χ4v) is 4.51. The maximum atomic E-state index is 12.5. The van der Waals surface area contributed by atoms with Crippen molar-refractivity contribution in [2.45, 2.75) is 26.2 Å². The van der Waals surface area contributed by atoms with Crippen molar-refractivity contribution in [1.29, 1.82) is 0 Å². The summed E-state index contributed by atoms with van der Waals surface area (Å²) in [7, 11) is -2.04. The van der Waals surface area contributed by atoms with E-state index in [4.69, 9.17) is 4.74 Å². The maximum absolute atomic E-state index is 12.5. The quantitative estimate of drug-likeness (QED) is 0.840. The molecule has 0 atom stereocenters. The zero-order valence-electron chi connectivity index (χ0n) is 12.9. The molecule has 0 aromatic heterocycles. The Morgan fingerprint density at radius 2 is 1.73 bits per heavy atom. The maximum Gasteiger partial charge on any atom is 0.285 e. The summed E-state index contributed by atoms with van der Waals surface area (Å²) in [6.45, 7) is 3.60. The molecule has 1 fully saturated rings. The Labute approximate surface area is 131 Å². The van der Waals surface area contributed by atoms with Crippen LogP contribution in [0.2, 0.25) is 0 Å². The molecule has 0 unspecified atom stereocenters. The van der Waals surface area contributed by atoms with E-state index in [9.17, 15) is 8.42 Å². The smallest absolute Gasteiger partial charge is 0.285 e. The van der Waals surface area contributed by atoms with Crippen LogP contribution in [-0.2, 0) is 10.0 Å². The van der Waals surface area contributed by atoms with E-state index >= 15 is 0 Å². The van der Waals surface area contributed by atoms with Crippen LogP contribution in [0.3, 0.4) is 0 Å². The Morgan fingerprint density at radius 1 is 1.09 bits per heavy atom. The largest absolute Gasteiger partial charge is 0.497 e. The van der Waals surface area contributed by atoms with Gasteiger partial charge in [0, 0.05) is 18.7 Å². The van der Waals surface area contributed by atoms with Gasteiger partial charge in [-0.1, -0.05) is 0 Å². The van der Waals surface area contributed by atoms with Crippen LogP contribution in [0.5, 0.6) is 5.75 Å². The number of likely N-dealkylation sites (tertiary alicyclic amines) is 1. The highest BCUT2D eigenvalue weighted by Gasteiger charge is 2.33. The van der Waals surface area contributed by atoms with Gasteiger partial charge in [-0.2, -0.15) is 8.42 Å². The monoisotopic (exact) mass is 320 g/mol. The van der Waals surface area contributed by atoms with Gasteiger partial charge in [0.05, 0.1) is 7.11 Å². The second-order valence-electron chi connectivity index (χ2n) is 5.62. The lowest BCUT2D eigenvalue weighted by Gasteiger charge is -2.28. The highest BCUT2D eigenvalue weighted by Crippen LogP contribution is 2.34. The molecule has 22 heavy (non-hydrogen) atoms. The molecular formula is C16H20N2O3S. The van der Waals surface area contributed by atoms with Gasteiger partial charge in [-0.05, 0) is 56.0 Å². The number of ether oxygens (including phenoxy) is 1. The van der Waals surface area contributed by atoms with Crippen LogP contribution in [-0.4, -0.2) is 39.4 Å². The van der Waals surface area contributed by atoms with Gasteiger partial charge in [-0.15, -0.1) is 4.40 Å². The first-order valence-electron chi connectivity index (χ1n) is 7.48. The average Bonchev–Trinajstić information content (AvgIpc) is 2.78. The Kier molecular flexibility index (Phi) is 3.95. The third-order valence-corrected chi connectivity index (χ3v) is 5.62. The van der Waals surface area contributed by atoms with Gasteiger partial charge in [-0.25, -0.2) is 0 Å². The fourth-order valence-electron chi connectivity index (χ4n) is 3.03. The van der Waals surface area contributed by atoms with Crippen LogP contribution in [0.1, 0.15) is 31.7 Å². The summed E-state index contributed by atoms with van der Waals surface area (Å²) in [4.78, 5) is 2.41. The summed E-state index contributed by atoms with van der Waals surface area (Å²) in [6.07, 6.45) is 3.37. The van der Waals surface area contributed by atoms with E-state index < -0.39 is 10.0 Å². The number of piperidine rings is 1. The standard InChI is InChI=1S/C16H20N2O3S/c1-12-15(13-6-8-14(21-2)9-7-13)22(19,20)17-16(12)18-10-4-3-5-11-18/h6-9H,3-5,10-11H2,1-2H3. The zero-order chi connectivity index (χ0) is 15.7. The van der Waals surface area contributed by atoms with Crippen molar-refractivity contribution in [2.24, 2.45) is 4.40 Å². The van der Waals surface area contributed by atoms with E-state index in [2.05, 4.69) is 9.30 Å². The number of amidine groups is 1. The molecule has 0 amide bonds. The summed E-state index contributed by atoms with van der Waals surface area (Å²) >= 11 is 0. The number of rotatable bonds is 2. The number of benzene rings is 1. The first-order valence-corrected chi connectivity index (χ1v) is 8.92. The Morgan fingerprint density at radius 3 is 2.32 bits per heavy atom. The number of methoxy groups -OCH3 is 1. The molecule has 118 valence electrons. The van der Waals surface area contributed by atoms with Crippen molar-refractivity contribution in [1.82, 2.24) is 4.90 Å². The van der Waals surface area contributed by atoms with E-state index in [1.807, 2.05) is 6.92 Å². The van der Waals surface area contributed by atoms with Gasteiger partial charge in [-0.3, -0.25) is 0 Å². The molecule has 1 aromatic carbocycles. The molecule has 0 N–H and O–H groups in total. The van der Waals surface area contributed by atoms with Crippen LogP contribution in [0.4, 0.5) is 0 Å². The second-order valence-corrected chi connectivity index (χ2v) is 7.16. The minimum atomic E-state index is -3.62. The molecule has 0 bridgehead atoms. The summed E-state index contributed by atoms with van der Waals surface area (Å²) < 4.78 is 34.1. The summed E-state index contributed by atoms with van der Waals surface area (Å²) in [5.74, 6) is 1.32. The predicted octanol–water partition coefficient (Wildman–Crippen LogP) is 2.65. The number of nitrogens with zero attached hydrogens (tertiary/aromatic N) is 2. The third-order valence-electron chi connectivity index (χ3n) is 4.15. The number of hydrogen-bond acceptors (Lipinski definition) is 4. The van der Waals surface area contributed by atoms with E-state index in [1.54, 1.807) is 31.4 Å². The van der Waals surface area contributed by atoms with Gasteiger partial charge in [0.25, 0.3) is 10.0 Å². The van der Waals surface area contributed by atoms with E-state index in [0.29, 0.717) is 22.1 Å². The zero-order valence-corrected chi connectivity index (χ0v) is 13.7. The molecule has 3 rings (SSSR count). The van der Waals surface area contributed by atoms with Gasteiger partial charge in [0.15, 0.2) is 0 Å². The topological polar surface area (TPSA) is 59.0 Å². The van der Waals surface area contributed by atoms with E-state index in [1.165, 1.54) is 6.42 Å². The Balaban J connectivity index is 2.00. The molecule has 1 aromatic rings. The normalized spacial score (nSPS) is 21.0. The van der Waals surface area contributed by atoms with E-state index in [0.717, 1.165) is 31.5 Å². The molecule has 5 nitrogen and oxygen atoms in total. The van der Waals surface area contributed by atoms with Crippen molar-refractivity contribution in [2.75, 3.05) is 20.2 Å². The summed E-state index contributed by atoms with van der Waals surface area (Å²) in [5.41, 5.74) is 1.40. The molecular weight excluding hydrogens is 300 g/mol. The van der Waals surface area contributed by atoms with Crippen molar-refractivity contribution in [3.63, 3.8) is 0 Å². The Hall–Kier alpha value is -1.82. The van der Waals surface area contributed by atoms with Crippen LogP contribution in [0, 0.1) is 0 Å². The molecule has 1 saturated heterocycles. The first kappa shape index (κ1) is 15.1. The van der Waals surface area contributed by atoms with Gasteiger partial charge < -0.3 is 9.64 Å². The lowest BCUT2D eigenvalue weighted by Crippen LogP contribution is -2.35. The lowest BCUT2D eigenvalue weighted by molar-refractivity contribution is 0.343. The summed E-state index contributed by atoms with van der Waals surface area (Å²) in [5, 5.41) is 0. The highest BCUT2D eigenvalue weighted by atomic mass is 32.2. The van der Waals surface area contributed by atoms with Gasteiger partial charge in [0.1, 0.15) is 16.5 Å². The lowest BCUT2D eigenvalue weighted by atomic mass is 10.1. The van der Waals surface area contributed by atoms with Crippen molar-refractivity contribution >= 4 is 20.8 Å². The molecule has 2 aliphatic rings. The Bertz CT molecular complexity index is 727. The van der Waals surface area contributed by atoms with Gasteiger partial charge in [0.2, 0.25) is 0 Å². The minimum Gasteiger partial charge on any atom is -0.497 e. The highest BCUT2D eigenvalue weighted by molar-refractivity contribution is 8.00. The number of sulfonamides is 1. The molecule has 2 aliphatic heterocycles.